The number of thiophene rings is 1. The lowest BCUT2D eigenvalue weighted by atomic mass is 9.98. The van der Waals surface area contributed by atoms with Crippen molar-refractivity contribution in [3.63, 3.8) is 0 Å². The number of rotatable bonds is 7. The lowest BCUT2D eigenvalue weighted by molar-refractivity contribution is -0.132. The normalized spacial score (nSPS) is 17.1. The molecule has 9 heteroatoms. The molecule has 1 aliphatic heterocycles. The van der Waals surface area contributed by atoms with E-state index in [1.54, 1.807) is 36.4 Å². The Bertz CT molecular complexity index is 1310. The Hall–Kier alpha value is -3.49. The number of anilines is 1. The van der Waals surface area contributed by atoms with Gasteiger partial charge in [0.1, 0.15) is 29.0 Å². The van der Waals surface area contributed by atoms with Gasteiger partial charge in [-0.25, -0.2) is 0 Å². The number of methoxy groups -OCH3 is 2. The van der Waals surface area contributed by atoms with Gasteiger partial charge in [0.15, 0.2) is 0 Å². The van der Waals surface area contributed by atoms with Crippen molar-refractivity contribution in [2.75, 3.05) is 25.7 Å². The van der Waals surface area contributed by atoms with Crippen molar-refractivity contribution in [1.29, 1.82) is 0 Å². The van der Waals surface area contributed by atoms with Crippen LogP contribution in [0.3, 0.4) is 0 Å². The number of ketones is 1. The van der Waals surface area contributed by atoms with Crippen LogP contribution in [0.25, 0.3) is 5.76 Å². The zero-order valence-electron chi connectivity index (χ0n) is 19.6. The van der Waals surface area contributed by atoms with Gasteiger partial charge in [-0.1, -0.05) is 11.6 Å². The van der Waals surface area contributed by atoms with Crippen molar-refractivity contribution in [1.82, 2.24) is 0 Å². The first-order valence-corrected chi connectivity index (χ1v) is 12.1. The summed E-state index contributed by atoms with van der Waals surface area (Å²) in [5.41, 5.74) is 1.59. The number of ether oxygens (including phenoxy) is 3. The number of halogens is 1. The van der Waals surface area contributed by atoms with Crippen LogP contribution in [0, 0.1) is 6.92 Å². The molecule has 0 spiro atoms. The molecule has 35 heavy (non-hydrogen) atoms. The van der Waals surface area contributed by atoms with Gasteiger partial charge in [-0.2, -0.15) is 0 Å². The molecule has 7 nitrogen and oxygen atoms in total. The van der Waals surface area contributed by atoms with Gasteiger partial charge in [0.25, 0.3) is 11.7 Å². The van der Waals surface area contributed by atoms with Crippen molar-refractivity contribution in [2.45, 2.75) is 19.9 Å². The van der Waals surface area contributed by atoms with E-state index in [0.29, 0.717) is 40.1 Å². The fraction of sp³-hybridized carbons (Fsp3) is 0.231. The number of aliphatic hydroxyl groups is 1. The van der Waals surface area contributed by atoms with Crippen molar-refractivity contribution < 1.29 is 28.9 Å². The summed E-state index contributed by atoms with van der Waals surface area (Å²) < 4.78 is 16.3. The third-order valence-electron chi connectivity index (χ3n) is 5.71. The molecule has 3 aromatic rings. The second-order valence-electron chi connectivity index (χ2n) is 7.79. The van der Waals surface area contributed by atoms with E-state index in [1.165, 1.54) is 30.5 Å². The van der Waals surface area contributed by atoms with E-state index in [0.717, 1.165) is 10.4 Å². The van der Waals surface area contributed by atoms with Crippen LogP contribution in [0.1, 0.15) is 29.0 Å². The minimum atomic E-state index is -0.849. The molecule has 0 saturated carbocycles. The van der Waals surface area contributed by atoms with Gasteiger partial charge in [0.2, 0.25) is 0 Å². The minimum absolute atomic E-state index is 0.0212. The highest BCUT2D eigenvalue weighted by atomic mass is 35.5. The van der Waals surface area contributed by atoms with Crippen LogP contribution in [0.2, 0.25) is 5.02 Å². The molecule has 1 unspecified atom stereocenters. The zero-order chi connectivity index (χ0) is 25.3. The van der Waals surface area contributed by atoms with Crippen LogP contribution in [0.15, 0.2) is 53.4 Å². The maximum atomic E-state index is 13.4. The number of aryl methyl sites for hydroxylation is 1. The van der Waals surface area contributed by atoms with Crippen LogP contribution < -0.4 is 19.1 Å². The molecule has 1 atom stereocenters. The Morgan fingerprint density at radius 3 is 2.34 bits per heavy atom. The Labute approximate surface area is 212 Å². The van der Waals surface area contributed by atoms with Gasteiger partial charge in [0, 0.05) is 28.6 Å². The van der Waals surface area contributed by atoms with Crippen LogP contribution in [0.5, 0.6) is 17.2 Å². The average Bonchev–Trinajstić information content (AvgIpc) is 3.39. The second kappa shape index (κ2) is 10.0. The smallest absolute Gasteiger partial charge is 0.300 e. The second-order valence-corrected chi connectivity index (χ2v) is 9.14. The average molecular weight is 514 g/mol. The molecule has 1 fully saturated rings. The fourth-order valence-electron chi connectivity index (χ4n) is 4.02. The van der Waals surface area contributed by atoms with Gasteiger partial charge in [-0.05, 0) is 49.1 Å². The molecule has 2 heterocycles. The summed E-state index contributed by atoms with van der Waals surface area (Å²) in [4.78, 5) is 28.9. The van der Waals surface area contributed by atoms with Gasteiger partial charge in [-0.15, -0.1) is 11.3 Å². The standard InChI is InChI=1S/C26H24ClNO6S/c1-5-34-20-10-15(6-7-19(20)27)23(29)21-22(25-14(2)8-9-35-25)28(26(31)24(21)30)16-11-17(32-3)13-18(12-16)33-4/h6-13,22,29H,5H2,1-4H3/b23-21-. The fourth-order valence-corrected chi connectivity index (χ4v) is 5.21. The van der Waals surface area contributed by atoms with Gasteiger partial charge in [-0.3, -0.25) is 14.5 Å². The first kappa shape index (κ1) is 24.6. The third kappa shape index (κ3) is 4.47. The molecule has 1 aromatic heterocycles. The van der Waals surface area contributed by atoms with Crippen molar-refractivity contribution in [2.24, 2.45) is 0 Å². The zero-order valence-corrected chi connectivity index (χ0v) is 21.2. The van der Waals surface area contributed by atoms with Gasteiger partial charge in [0.05, 0.1) is 37.1 Å². The van der Waals surface area contributed by atoms with Crippen molar-refractivity contribution in [3.05, 3.63) is 74.4 Å². The topological polar surface area (TPSA) is 85.3 Å². The third-order valence-corrected chi connectivity index (χ3v) is 7.10. The predicted molar refractivity (Wildman–Crippen MR) is 136 cm³/mol. The largest absolute Gasteiger partial charge is 0.507 e. The number of hydrogen-bond donors (Lipinski definition) is 1. The number of aliphatic hydroxyl groups excluding tert-OH is 1. The highest BCUT2D eigenvalue weighted by molar-refractivity contribution is 7.10. The van der Waals surface area contributed by atoms with Crippen LogP contribution in [0.4, 0.5) is 5.69 Å². The number of Topliss-reactive ketones (excluding diaryl/α,β-unsaturated/α-hetero) is 1. The number of carbonyl (C=O) groups is 2. The molecule has 1 N–H and O–H groups in total. The number of hydrogen-bond acceptors (Lipinski definition) is 7. The predicted octanol–water partition coefficient (Wildman–Crippen LogP) is 5.75. The summed E-state index contributed by atoms with van der Waals surface area (Å²) in [6.07, 6.45) is 0. The summed E-state index contributed by atoms with van der Waals surface area (Å²) in [7, 11) is 3.01. The molecule has 182 valence electrons. The lowest BCUT2D eigenvalue weighted by Crippen LogP contribution is -2.29. The Balaban J connectivity index is 1.95. The number of benzene rings is 2. The molecule has 0 radical (unpaired) electrons. The number of amides is 1. The van der Waals surface area contributed by atoms with Gasteiger partial charge >= 0.3 is 0 Å². The highest BCUT2D eigenvalue weighted by Crippen LogP contribution is 2.46. The van der Waals surface area contributed by atoms with Crippen molar-refractivity contribution in [3.8, 4) is 17.2 Å². The molecule has 1 saturated heterocycles. The van der Waals surface area contributed by atoms with E-state index in [4.69, 9.17) is 25.8 Å². The van der Waals surface area contributed by atoms with E-state index < -0.39 is 17.7 Å². The van der Waals surface area contributed by atoms with E-state index in [9.17, 15) is 14.7 Å². The number of carbonyl (C=O) groups excluding carboxylic acids is 2. The van der Waals surface area contributed by atoms with E-state index in [1.807, 2.05) is 25.3 Å². The minimum Gasteiger partial charge on any atom is -0.507 e. The molecule has 2 aromatic carbocycles. The van der Waals surface area contributed by atoms with E-state index >= 15 is 0 Å². The van der Waals surface area contributed by atoms with E-state index in [2.05, 4.69) is 0 Å². The summed E-state index contributed by atoms with van der Waals surface area (Å²) in [6.45, 7) is 4.09. The first-order valence-electron chi connectivity index (χ1n) is 10.8. The lowest BCUT2D eigenvalue weighted by Gasteiger charge is -2.25. The Kier molecular flexibility index (Phi) is 7.05. The molecule has 1 aliphatic rings. The highest BCUT2D eigenvalue weighted by Gasteiger charge is 2.48. The quantitative estimate of drug-likeness (QED) is 0.246. The van der Waals surface area contributed by atoms with Crippen LogP contribution >= 0.6 is 22.9 Å². The number of nitrogens with zero attached hydrogens (tertiary/aromatic N) is 1. The summed E-state index contributed by atoms with van der Waals surface area (Å²) in [5, 5.41) is 13.6. The Morgan fingerprint density at radius 2 is 1.77 bits per heavy atom. The maximum Gasteiger partial charge on any atom is 0.300 e. The molecule has 1 amide bonds. The molecule has 0 aliphatic carbocycles. The molecular weight excluding hydrogens is 490 g/mol. The Morgan fingerprint density at radius 1 is 1.09 bits per heavy atom. The van der Waals surface area contributed by atoms with Gasteiger partial charge < -0.3 is 19.3 Å². The summed E-state index contributed by atoms with van der Waals surface area (Å²) in [5.74, 6) is -0.581. The summed E-state index contributed by atoms with van der Waals surface area (Å²) >= 11 is 7.61. The van der Waals surface area contributed by atoms with Crippen LogP contribution in [-0.4, -0.2) is 37.6 Å². The SMILES string of the molecule is CCOc1cc(/C(O)=C2/C(=O)C(=O)N(c3cc(OC)cc(OC)c3)C2c2sccc2C)ccc1Cl. The summed E-state index contributed by atoms with van der Waals surface area (Å²) in [6, 6.07) is 10.8. The van der Waals surface area contributed by atoms with Crippen LogP contribution in [-0.2, 0) is 9.59 Å². The molecular formula is C26H24ClNO6S. The van der Waals surface area contributed by atoms with Crippen molar-refractivity contribution >= 4 is 46.1 Å². The first-order chi connectivity index (χ1) is 16.8. The van der Waals surface area contributed by atoms with E-state index in [-0.39, 0.29) is 11.3 Å². The maximum absolute atomic E-state index is 13.4. The molecule has 0 bridgehead atoms. The monoisotopic (exact) mass is 513 g/mol. The molecule has 4 rings (SSSR count).